The van der Waals surface area contributed by atoms with Gasteiger partial charge in [-0.2, -0.15) is 0 Å². The Balaban J connectivity index is 1.66. The molecule has 1 aromatic carbocycles. The first-order valence-corrected chi connectivity index (χ1v) is 9.06. The highest BCUT2D eigenvalue weighted by Gasteiger charge is 2.35. The van der Waals surface area contributed by atoms with Crippen molar-refractivity contribution in [3.63, 3.8) is 0 Å². The predicted molar refractivity (Wildman–Crippen MR) is 93.4 cm³/mol. The van der Waals surface area contributed by atoms with Gasteiger partial charge < -0.3 is 15.5 Å². The molecule has 2 N–H and O–H groups in total. The molecule has 1 saturated carbocycles. The molecule has 1 heterocycles. The summed E-state index contributed by atoms with van der Waals surface area (Å²) >= 11 is 0. The van der Waals surface area contributed by atoms with Crippen LogP contribution in [0.5, 0.6) is 0 Å². The lowest BCUT2D eigenvalue weighted by molar-refractivity contribution is -0.145. The van der Waals surface area contributed by atoms with Crippen molar-refractivity contribution in [2.75, 3.05) is 20.1 Å². The molecule has 1 aromatic rings. The normalized spacial score (nSPS) is 27.3. The highest BCUT2D eigenvalue weighted by molar-refractivity contribution is 5.95. The molecule has 1 aliphatic carbocycles. The standard InChI is InChI=1S/C19H26FN3O2/c1-21-16-5-3-2-4-14(16)11-23-12-18(24)22-17(19(23)25)10-13-6-8-15(20)9-7-13/h6-9,14,16-17,21H,2-5,10-12H2,1H3,(H,22,24). The Morgan fingerprint density at radius 2 is 1.92 bits per heavy atom. The fraction of sp³-hybridized carbons (Fsp3) is 0.579. The van der Waals surface area contributed by atoms with E-state index >= 15 is 0 Å². The van der Waals surface area contributed by atoms with Gasteiger partial charge in [0.05, 0.1) is 6.54 Å². The van der Waals surface area contributed by atoms with Crippen LogP contribution >= 0.6 is 0 Å². The van der Waals surface area contributed by atoms with Crippen LogP contribution in [0.15, 0.2) is 24.3 Å². The Labute approximate surface area is 148 Å². The fourth-order valence-electron chi connectivity index (χ4n) is 4.01. The highest BCUT2D eigenvalue weighted by Crippen LogP contribution is 2.26. The van der Waals surface area contributed by atoms with Crippen LogP contribution in [0.1, 0.15) is 31.2 Å². The lowest BCUT2D eigenvalue weighted by Crippen LogP contribution is -2.60. The summed E-state index contributed by atoms with van der Waals surface area (Å²) < 4.78 is 13.0. The maximum Gasteiger partial charge on any atom is 0.245 e. The summed E-state index contributed by atoms with van der Waals surface area (Å²) in [4.78, 5) is 26.6. The lowest BCUT2D eigenvalue weighted by Gasteiger charge is -2.38. The molecule has 0 spiro atoms. The van der Waals surface area contributed by atoms with Gasteiger partial charge in [0.1, 0.15) is 11.9 Å². The number of rotatable bonds is 5. The minimum Gasteiger partial charge on any atom is -0.342 e. The number of piperazine rings is 1. The molecule has 6 heteroatoms. The van der Waals surface area contributed by atoms with Crippen molar-refractivity contribution in [3.05, 3.63) is 35.6 Å². The van der Waals surface area contributed by atoms with E-state index < -0.39 is 6.04 Å². The Kier molecular flexibility index (Phi) is 5.68. The van der Waals surface area contributed by atoms with Crippen LogP contribution < -0.4 is 10.6 Å². The monoisotopic (exact) mass is 347 g/mol. The van der Waals surface area contributed by atoms with Crippen LogP contribution in [0.3, 0.4) is 0 Å². The molecule has 25 heavy (non-hydrogen) atoms. The largest absolute Gasteiger partial charge is 0.342 e. The van der Waals surface area contributed by atoms with Gasteiger partial charge in [-0.1, -0.05) is 25.0 Å². The number of hydrogen-bond donors (Lipinski definition) is 2. The molecule has 3 rings (SSSR count). The van der Waals surface area contributed by atoms with Crippen LogP contribution in [0.4, 0.5) is 4.39 Å². The van der Waals surface area contributed by atoms with E-state index in [9.17, 15) is 14.0 Å². The second-order valence-corrected chi connectivity index (χ2v) is 7.11. The van der Waals surface area contributed by atoms with E-state index in [2.05, 4.69) is 10.6 Å². The second-order valence-electron chi connectivity index (χ2n) is 7.11. The molecule has 3 atom stereocenters. The molecule has 136 valence electrons. The lowest BCUT2D eigenvalue weighted by atomic mass is 9.84. The van der Waals surface area contributed by atoms with Crippen molar-refractivity contribution in [1.29, 1.82) is 0 Å². The van der Waals surface area contributed by atoms with Crippen molar-refractivity contribution in [1.82, 2.24) is 15.5 Å². The summed E-state index contributed by atoms with van der Waals surface area (Å²) in [6.07, 6.45) is 4.98. The first-order valence-electron chi connectivity index (χ1n) is 9.06. The van der Waals surface area contributed by atoms with Gasteiger partial charge in [-0.15, -0.1) is 0 Å². The van der Waals surface area contributed by atoms with E-state index in [0.717, 1.165) is 18.4 Å². The van der Waals surface area contributed by atoms with E-state index in [1.54, 1.807) is 17.0 Å². The van der Waals surface area contributed by atoms with E-state index in [4.69, 9.17) is 0 Å². The van der Waals surface area contributed by atoms with Gasteiger partial charge in [0, 0.05) is 19.0 Å². The molecular formula is C19H26FN3O2. The van der Waals surface area contributed by atoms with E-state index in [-0.39, 0.29) is 24.2 Å². The highest BCUT2D eigenvalue weighted by atomic mass is 19.1. The third-order valence-electron chi connectivity index (χ3n) is 5.37. The van der Waals surface area contributed by atoms with E-state index in [1.165, 1.54) is 25.0 Å². The third kappa shape index (κ3) is 4.37. The van der Waals surface area contributed by atoms with Crippen LogP contribution in [0.2, 0.25) is 0 Å². The van der Waals surface area contributed by atoms with Gasteiger partial charge in [-0.25, -0.2) is 4.39 Å². The summed E-state index contributed by atoms with van der Waals surface area (Å²) in [5, 5.41) is 6.13. The quantitative estimate of drug-likeness (QED) is 0.848. The molecule has 1 saturated heterocycles. The van der Waals surface area contributed by atoms with Crippen molar-refractivity contribution in [2.24, 2.45) is 5.92 Å². The van der Waals surface area contributed by atoms with Gasteiger partial charge in [0.15, 0.2) is 0 Å². The fourth-order valence-corrected chi connectivity index (χ4v) is 4.01. The molecule has 0 bridgehead atoms. The van der Waals surface area contributed by atoms with E-state index in [0.29, 0.717) is 24.9 Å². The maximum absolute atomic E-state index is 13.0. The average Bonchev–Trinajstić information content (AvgIpc) is 2.61. The summed E-state index contributed by atoms with van der Waals surface area (Å²) in [5.41, 5.74) is 0.840. The van der Waals surface area contributed by atoms with Gasteiger partial charge in [0.25, 0.3) is 0 Å². The molecule has 2 fully saturated rings. The maximum atomic E-state index is 13.0. The zero-order valence-electron chi connectivity index (χ0n) is 14.6. The van der Waals surface area contributed by atoms with Gasteiger partial charge in [-0.3, -0.25) is 9.59 Å². The molecule has 0 aromatic heterocycles. The van der Waals surface area contributed by atoms with Gasteiger partial charge in [-0.05, 0) is 43.5 Å². The zero-order chi connectivity index (χ0) is 17.8. The Morgan fingerprint density at radius 1 is 1.20 bits per heavy atom. The van der Waals surface area contributed by atoms with Crippen LogP contribution in [-0.2, 0) is 16.0 Å². The number of nitrogens with zero attached hydrogens (tertiary/aromatic N) is 1. The minimum absolute atomic E-state index is 0.0376. The Bertz CT molecular complexity index is 620. The van der Waals surface area contributed by atoms with Gasteiger partial charge >= 0.3 is 0 Å². The molecule has 1 aliphatic heterocycles. The van der Waals surface area contributed by atoms with Crippen molar-refractivity contribution >= 4 is 11.8 Å². The predicted octanol–water partition coefficient (Wildman–Crippen LogP) is 1.47. The SMILES string of the molecule is CNC1CCCCC1CN1CC(=O)NC(Cc2ccc(F)cc2)C1=O. The van der Waals surface area contributed by atoms with Crippen molar-refractivity contribution in [3.8, 4) is 0 Å². The molecule has 3 unspecified atom stereocenters. The van der Waals surface area contributed by atoms with Crippen LogP contribution in [-0.4, -0.2) is 48.9 Å². The second kappa shape index (κ2) is 7.95. The number of amides is 2. The molecule has 0 radical (unpaired) electrons. The summed E-state index contributed by atoms with van der Waals surface area (Å²) in [6.45, 7) is 0.753. The Hall–Kier alpha value is -1.95. The third-order valence-corrected chi connectivity index (χ3v) is 5.37. The summed E-state index contributed by atoms with van der Waals surface area (Å²) in [6, 6.07) is 5.91. The topological polar surface area (TPSA) is 61.4 Å². The molecule has 2 aliphatic rings. The number of benzene rings is 1. The van der Waals surface area contributed by atoms with Crippen molar-refractivity contribution in [2.45, 2.75) is 44.2 Å². The number of carbonyl (C=O) groups excluding carboxylic acids is 2. The minimum atomic E-state index is -0.566. The summed E-state index contributed by atoms with van der Waals surface area (Å²) in [7, 11) is 1.96. The van der Waals surface area contributed by atoms with Crippen LogP contribution in [0, 0.1) is 11.7 Å². The number of nitrogens with one attached hydrogen (secondary N) is 2. The van der Waals surface area contributed by atoms with Crippen molar-refractivity contribution < 1.29 is 14.0 Å². The summed E-state index contributed by atoms with van der Waals surface area (Å²) in [5.74, 6) is -0.0762. The molecular weight excluding hydrogens is 321 g/mol. The first-order chi connectivity index (χ1) is 12.1. The van der Waals surface area contributed by atoms with E-state index in [1.807, 2.05) is 7.05 Å². The van der Waals surface area contributed by atoms with Gasteiger partial charge in [0.2, 0.25) is 11.8 Å². The molecule has 2 amide bonds. The first kappa shape index (κ1) is 17.9. The number of hydrogen-bond acceptors (Lipinski definition) is 3. The number of carbonyl (C=O) groups is 2. The van der Waals surface area contributed by atoms with Crippen LogP contribution in [0.25, 0.3) is 0 Å². The zero-order valence-corrected chi connectivity index (χ0v) is 14.6. The Morgan fingerprint density at radius 3 is 2.64 bits per heavy atom. The smallest absolute Gasteiger partial charge is 0.245 e. The number of halogens is 1. The molecule has 5 nitrogen and oxygen atoms in total. The average molecular weight is 347 g/mol.